The van der Waals surface area contributed by atoms with Crippen molar-refractivity contribution in [2.24, 2.45) is 0 Å². The first-order chi connectivity index (χ1) is 10.1. The summed E-state index contributed by atoms with van der Waals surface area (Å²) in [4.78, 5) is 10.8. The molecule has 0 saturated carbocycles. The lowest BCUT2D eigenvalue weighted by Crippen LogP contribution is -2.24. The highest BCUT2D eigenvalue weighted by molar-refractivity contribution is 9.10. The monoisotopic (exact) mass is 354 g/mol. The molecule has 1 aromatic carbocycles. The summed E-state index contributed by atoms with van der Waals surface area (Å²) < 4.78 is 7.72. The molecule has 21 heavy (non-hydrogen) atoms. The zero-order chi connectivity index (χ0) is 15.2. The van der Waals surface area contributed by atoms with Crippen LogP contribution in [0, 0.1) is 0 Å². The fourth-order valence-corrected chi connectivity index (χ4v) is 2.38. The molecule has 8 heteroatoms. The van der Waals surface area contributed by atoms with Gasteiger partial charge in [-0.3, -0.25) is 4.79 Å². The molecule has 1 unspecified atom stereocenters. The van der Waals surface area contributed by atoms with Crippen molar-refractivity contribution in [1.82, 2.24) is 20.2 Å². The molecule has 0 radical (unpaired) electrons. The predicted molar refractivity (Wildman–Crippen MR) is 77.8 cm³/mol. The van der Waals surface area contributed by atoms with Crippen LogP contribution in [0.1, 0.15) is 17.8 Å². The number of halogens is 1. The molecule has 0 aliphatic carbocycles. The molecule has 112 valence electrons. The van der Waals surface area contributed by atoms with Gasteiger partial charge in [0.1, 0.15) is 0 Å². The van der Waals surface area contributed by atoms with Crippen molar-refractivity contribution >= 4 is 21.9 Å². The second-order valence-corrected chi connectivity index (χ2v) is 5.46. The number of nitrogens with zero attached hydrogens (tertiary/aromatic N) is 4. The molecular formula is C13H15BrN4O3. The summed E-state index contributed by atoms with van der Waals surface area (Å²) in [5, 5.41) is 20.4. The van der Waals surface area contributed by atoms with Crippen molar-refractivity contribution < 1.29 is 14.6 Å². The molecule has 0 aliphatic heterocycles. The summed E-state index contributed by atoms with van der Waals surface area (Å²) in [6.07, 6.45) is 0.00933. The van der Waals surface area contributed by atoms with E-state index >= 15 is 0 Å². The number of hydrogen-bond donors (Lipinski definition) is 1. The second kappa shape index (κ2) is 7.28. The Morgan fingerprint density at radius 3 is 3.00 bits per heavy atom. The van der Waals surface area contributed by atoms with Gasteiger partial charge >= 0.3 is 5.97 Å². The zero-order valence-electron chi connectivity index (χ0n) is 11.4. The number of tetrazole rings is 1. The Kier molecular flexibility index (Phi) is 5.40. The number of carboxylic acid groups (broad SMARTS) is 1. The molecule has 7 nitrogen and oxygen atoms in total. The van der Waals surface area contributed by atoms with Crippen molar-refractivity contribution in [3.63, 3.8) is 0 Å². The Hall–Kier alpha value is -1.80. The average molecular weight is 355 g/mol. The number of carboxylic acids is 1. The SMILES string of the molecule is COC(CC(=O)O)Cn1nnnc1Cc1cccc(Br)c1. The van der Waals surface area contributed by atoms with Crippen molar-refractivity contribution in [1.29, 1.82) is 0 Å². The maximum Gasteiger partial charge on any atom is 0.306 e. The van der Waals surface area contributed by atoms with Gasteiger partial charge in [-0.25, -0.2) is 4.68 Å². The number of hydrogen-bond acceptors (Lipinski definition) is 5. The fraction of sp³-hybridized carbons (Fsp3) is 0.385. The molecule has 2 rings (SSSR count). The molecule has 1 heterocycles. The molecule has 1 aromatic heterocycles. The Balaban J connectivity index is 2.09. The van der Waals surface area contributed by atoms with Crippen LogP contribution in [0.25, 0.3) is 0 Å². The highest BCUT2D eigenvalue weighted by atomic mass is 79.9. The number of rotatable bonds is 7. The van der Waals surface area contributed by atoms with Gasteiger partial charge in [0.05, 0.1) is 19.1 Å². The average Bonchev–Trinajstić information content (AvgIpc) is 2.84. The van der Waals surface area contributed by atoms with E-state index in [0.29, 0.717) is 18.8 Å². The molecular weight excluding hydrogens is 340 g/mol. The van der Waals surface area contributed by atoms with Crippen molar-refractivity contribution in [3.8, 4) is 0 Å². The Morgan fingerprint density at radius 1 is 1.52 bits per heavy atom. The minimum Gasteiger partial charge on any atom is -0.481 e. The highest BCUT2D eigenvalue weighted by Crippen LogP contribution is 2.14. The largest absolute Gasteiger partial charge is 0.481 e. The van der Waals surface area contributed by atoms with E-state index < -0.39 is 12.1 Å². The smallest absolute Gasteiger partial charge is 0.306 e. The van der Waals surface area contributed by atoms with E-state index in [-0.39, 0.29) is 6.42 Å². The third-order valence-electron chi connectivity index (χ3n) is 2.97. The summed E-state index contributed by atoms with van der Waals surface area (Å²) in [6.45, 7) is 0.305. The number of carbonyl (C=O) groups is 1. The number of methoxy groups -OCH3 is 1. The van der Waals surface area contributed by atoms with Crippen LogP contribution >= 0.6 is 15.9 Å². The van der Waals surface area contributed by atoms with E-state index in [9.17, 15) is 4.79 Å². The quantitative estimate of drug-likeness (QED) is 0.810. The lowest BCUT2D eigenvalue weighted by atomic mass is 10.1. The van der Waals surface area contributed by atoms with E-state index in [0.717, 1.165) is 10.0 Å². The minimum absolute atomic E-state index is 0.0906. The topological polar surface area (TPSA) is 90.1 Å². The van der Waals surface area contributed by atoms with Crippen LogP contribution in [-0.2, 0) is 22.5 Å². The minimum atomic E-state index is -0.913. The van der Waals surface area contributed by atoms with Crippen molar-refractivity contribution in [2.45, 2.75) is 25.5 Å². The Bertz CT molecular complexity index is 617. The highest BCUT2D eigenvalue weighted by Gasteiger charge is 2.16. The first kappa shape index (κ1) is 15.6. The van der Waals surface area contributed by atoms with Gasteiger partial charge in [-0.1, -0.05) is 28.1 Å². The van der Waals surface area contributed by atoms with Gasteiger partial charge in [0, 0.05) is 18.0 Å². The lowest BCUT2D eigenvalue weighted by Gasteiger charge is -2.13. The third kappa shape index (κ3) is 4.61. The first-order valence-corrected chi connectivity index (χ1v) is 7.12. The molecule has 0 spiro atoms. The van der Waals surface area contributed by atoms with E-state index in [2.05, 4.69) is 31.5 Å². The van der Waals surface area contributed by atoms with E-state index in [4.69, 9.17) is 9.84 Å². The van der Waals surface area contributed by atoms with Crippen molar-refractivity contribution in [2.75, 3.05) is 7.11 Å². The van der Waals surface area contributed by atoms with Gasteiger partial charge in [-0.05, 0) is 28.1 Å². The van der Waals surface area contributed by atoms with Crippen LogP contribution in [0.5, 0.6) is 0 Å². The summed E-state index contributed by atoms with van der Waals surface area (Å²) in [6, 6.07) is 7.86. The van der Waals surface area contributed by atoms with Gasteiger partial charge < -0.3 is 9.84 Å². The Labute approximate surface area is 130 Å². The van der Waals surface area contributed by atoms with Gasteiger partial charge in [-0.15, -0.1) is 5.10 Å². The molecule has 0 amide bonds. The Morgan fingerprint density at radius 2 is 2.33 bits per heavy atom. The second-order valence-electron chi connectivity index (χ2n) is 4.54. The molecule has 2 aromatic rings. The molecule has 0 saturated heterocycles. The predicted octanol–water partition coefficient (Wildman–Crippen LogP) is 1.52. The van der Waals surface area contributed by atoms with Crippen LogP contribution in [0.3, 0.4) is 0 Å². The fourth-order valence-electron chi connectivity index (χ4n) is 1.93. The van der Waals surface area contributed by atoms with E-state index in [1.165, 1.54) is 7.11 Å². The summed E-state index contributed by atoms with van der Waals surface area (Å²) in [7, 11) is 1.48. The lowest BCUT2D eigenvalue weighted by molar-refractivity contribution is -0.140. The van der Waals surface area contributed by atoms with E-state index in [1.54, 1.807) is 4.68 Å². The number of aromatic nitrogens is 4. The van der Waals surface area contributed by atoms with Crippen LogP contribution in [0.2, 0.25) is 0 Å². The first-order valence-electron chi connectivity index (χ1n) is 6.32. The number of benzene rings is 1. The van der Waals surface area contributed by atoms with E-state index in [1.807, 2.05) is 24.3 Å². The summed E-state index contributed by atoms with van der Waals surface area (Å²) in [5.41, 5.74) is 1.06. The van der Waals surface area contributed by atoms with Crippen molar-refractivity contribution in [3.05, 3.63) is 40.1 Å². The van der Waals surface area contributed by atoms with Gasteiger partial charge in [0.15, 0.2) is 5.82 Å². The number of ether oxygens (including phenoxy) is 1. The van der Waals surface area contributed by atoms with Crippen LogP contribution in [-0.4, -0.2) is 44.5 Å². The van der Waals surface area contributed by atoms with Gasteiger partial charge in [0.2, 0.25) is 0 Å². The normalized spacial score (nSPS) is 12.3. The zero-order valence-corrected chi connectivity index (χ0v) is 13.0. The van der Waals surface area contributed by atoms with Crippen LogP contribution in [0.15, 0.2) is 28.7 Å². The molecule has 1 atom stereocenters. The maximum atomic E-state index is 10.8. The molecule has 1 N–H and O–H groups in total. The molecule has 0 bridgehead atoms. The summed E-state index contributed by atoms with van der Waals surface area (Å²) in [5.74, 6) is -0.246. The summed E-state index contributed by atoms with van der Waals surface area (Å²) >= 11 is 3.42. The standard InChI is InChI=1S/C13H15BrN4O3/c1-21-11(7-13(19)20)8-18-12(15-16-17-18)6-9-3-2-4-10(14)5-9/h2-5,11H,6-8H2,1H3,(H,19,20). The molecule has 0 fully saturated rings. The van der Waals surface area contributed by atoms with Crippen LogP contribution < -0.4 is 0 Å². The molecule has 0 aliphatic rings. The number of aliphatic carboxylic acids is 1. The third-order valence-corrected chi connectivity index (χ3v) is 3.46. The maximum absolute atomic E-state index is 10.8. The van der Waals surface area contributed by atoms with Crippen LogP contribution in [0.4, 0.5) is 0 Å². The van der Waals surface area contributed by atoms with Gasteiger partial charge in [0.25, 0.3) is 0 Å². The van der Waals surface area contributed by atoms with Gasteiger partial charge in [-0.2, -0.15) is 0 Å².